The molecule has 0 radical (unpaired) electrons. The van der Waals surface area contributed by atoms with Crippen molar-refractivity contribution < 1.29 is 18.4 Å². The van der Waals surface area contributed by atoms with Crippen LogP contribution >= 0.6 is 0 Å². The molecule has 0 bridgehead atoms. The summed E-state index contributed by atoms with van der Waals surface area (Å²) in [4.78, 5) is 27.4. The fraction of sp³-hybridized carbons (Fsp3) is 0.188. The highest BCUT2D eigenvalue weighted by molar-refractivity contribution is 5.93. The monoisotopic (exact) mass is 334 g/mol. The lowest BCUT2D eigenvalue weighted by molar-refractivity contribution is 0.0958. The van der Waals surface area contributed by atoms with E-state index in [9.17, 15) is 18.4 Å². The van der Waals surface area contributed by atoms with Gasteiger partial charge >= 0.3 is 6.03 Å². The summed E-state index contributed by atoms with van der Waals surface area (Å²) >= 11 is 0. The largest absolute Gasteiger partial charge is 0.354 e. The first-order chi connectivity index (χ1) is 11.4. The number of amides is 3. The van der Waals surface area contributed by atoms with Crippen LogP contribution in [0.4, 0.5) is 19.4 Å². The minimum atomic E-state index is -1.01. The van der Waals surface area contributed by atoms with Crippen molar-refractivity contribution in [1.82, 2.24) is 15.6 Å². The molecule has 0 aliphatic carbocycles. The third-order valence-electron chi connectivity index (χ3n) is 3.25. The van der Waals surface area contributed by atoms with E-state index < -0.39 is 29.6 Å². The maximum atomic E-state index is 13.7. The average molecular weight is 334 g/mol. The van der Waals surface area contributed by atoms with Crippen molar-refractivity contribution in [3.05, 3.63) is 59.3 Å². The number of benzene rings is 1. The van der Waals surface area contributed by atoms with E-state index in [-0.39, 0.29) is 17.1 Å². The Kier molecular flexibility index (Phi) is 5.41. The van der Waals surface area contributed by atoms with Gasteiger partial charge in [0, 0.05) is 12.6 Å². The molecule has 1 atom stereocenters. The molecule has 8 heteroatoms. The number of rotatable bonds is 4. The van der Waals surface area contributed by atoms with Crippen LogP contribution in [0.2, 0.25) is 0 Å². The molecule has 0 aliphatic heterocycles. The minimum Gasteiger partial charge on any atom is -0.354 e. The van der Waals surface area contributed by atoms with Crippen molar-refractivity contribution in [2.75, 3.05) is 12.4 Å². The summed E-state index contributed by atoms with van der Waals surface area (Å²) in [6.45, 7) is 1.52. The normalized spacial score (nSPS) is 11.5. The Morgan fingerprint density at radius 1 is 1.12 bits per heavy atom. The first-order valence-electron chi connectivity index (χ1n) is 7.13. The number of nitrogens with zero attached hydrogens (tertiary/aromatic N) is 1. The maximum Gasteiger partial charge on any atom is 0.320 e. The molecule has 2 aromatic rings. The van der Waals surface area contributed by atoms with Crippen LogP contribution in [0.15, 0.2) is 36.4 Å². The summed E-state index contributed by atoms with van der Waals surface area (Å²) in [5, 5.41) is 7.34. The zero-order valence-electron chi connectivity index (χ0n) is 13.1. The summed E-state index contributed by atoms with van der Waals surface area (Å²) in [6.07, 6.45) is 0. The summed E-state index contributed by atoms with van der Waals surface area (Å²) < 4.78 is 26.9. The lowest BCUT2D eigenvalue weighted by atomic mass is 10.1. The van der Waals surface area contributed by atoms with E-state index in [0.29, 0.717) is 0 Å². The first kappa shape index (κ1) is 17.3. The van der Waals surface area contributed by atoms with Gasteiger partial charge in [-0.3, -0.25) is 10.1 Å². The Labute approximate surface area is 137 Å². The second-order valence-corrected chi connectivity index (χ2v) is 4.95. The first-order valence-corrected chi connectivity index (χ1v) is 7.13. The summed E-state index contributed by atoms with van der Waals surface area (Å²) in [6, 6.07) is 6.87. The van der Waals surface area contributed by atoms with Crippen molar-refractivity contribution in [3.63, 3.8) is 0 Å². The van der Waals surface area contributed by atoms with Crippen molar-refractivity contribution in [2.24, 2.45) is 0 Å². The molecule has 1 aromatic heterocycles. The predicted molar refractivity (Wildman–Crippen MR) is 84.6 cm³/mol. The molecule has 24 heavy (non-hydrogen) atoms. The van der Waals surface area contributed by atoms with Gasteiger partial charge in [-0.2, -0.15) is 0 Å². The van der Waals surface area contributed by atoms with Crippen molar-refractivity contribution in [3.8, 4) is 0 Å². The zero-order chi connectivity index (χ0) is 17.7. The fourth-order valence-corrected chi connectivity index (χ4v) is 2.04. The third kappa shape index (κ3) is 4.03. The molecule has 126 valence electrons. The van der Waals surface area contributed by atoms with Gasteiger partial charge in [-0.25, -0.2) is 18.6 Å². The van der Waals surface area contributed by atoms with Gasteiger partial charge in [0.15, 0.2) is 11.6 Å². The number of hydrogen-bond donors (Lipinski definition) is 3. The molecule has 1 unspecified atom stereocenters. The Balaban J connectivity index is 2.05. The topological polar surface area (TPSA) is 83.1 Å². The highest BCUT2D eigenvalue weighted by Crippen LogP contribution is 2.19. The highest BCUT2D eigenvalue weighted by atomic mass is 19.2. The molecule has 2 rings (SSSR count). The quantitative estimate of drug-likeness (QED) is 0.804. The van der Waals surface area contributed by atoms with E-state index in [1.165, 1.54) is 38.2 Å². The number of aromatic nitrogens is 1. The molecular weight excluding hydrogens is 318 g/mol. The Hall–Kier alpha value is -3.03. The number of nitrogens with one attached hydrogen (secondary N) is 3. The summed E-state index contributed by atoms with van der Waals surface area (Å²) in [5.41, 5.74) is 0.164. The molecule has 0 aliphatic rings. The smallest absolute Gasteiger partial charge is 0.320 e. The predicted octanol–water partition coefficient (Wildman–Crippen LogP) is 2.60. The SMILES string of the molecule is CNC(=O)c1cccc(NC(=O)NC(C)c2cccc(F)c2F)n1. The van der Waals surface area contributed by atoms with Crippen LogP contribution in [-0.4, -0.2) is 24.0 Å². The van der Waals surface area contributed by atoms with Gasteiger partial charge < -0.3 is 10.6 Å². The van der Waals surface area contributed by atoms with E-state index in [0.717, 1.165) is 6.07 Å². The second-order valence-electron chi connectivity index (χ2n) is 4.95. The van der Waals surface area contributed by atoms with Crippen LogP contribution < -0.4 is 16.0 Å². The fourth-order valence-electron chi connectivity index (χ4n) is 2.04. The van der Waals surface area contributed by atoms with Gasteiger partial charge in [-0.1, -0.05) is 18.2 Å². The molecule has 3 amide bonds. The van der Waals surface area contributed by atoms with E-state index in [1.807, 2.05) is 0 Å². The Morgan fingerprint density at radius 2 is 1.83 bits per heavy atom. The zero-order valence-corrected chi connectivity index (χ0v) is 13.1. The standard InChI is InChI=1S/C16H16F2N4O2/c1-9(10-5-3-6-11(17)14(10)18)20-16(24)22-13-8-4-7-12(21-13)15(23)19-2/h3-9H,1-2H3,(H,19,23)(H2,20,21,22,24). The van der Waals surface area contributed by atoms with Crippen LogP contribution in [0.5, 0.6) is 0 Å². The highest BCUT2D eigenvalue weighted by Gasteiger charge is 2.16. The number of carbonyl (C=O) groups excluding carboxylic acids is 2. The third-order valence-corrected chi connectivity index (χ3v) is 3.25. The molecule has 0 fully saturated rings. The molecule has 1 heterocycles. The van der Waals surface area contributed by atoms with Crippen LogP contribution in [0, 0.1) is 11.6 Å². The summed E-state index contributed by atoms with van der Waals surface area (Å²) in [7, 11) is 1.46. The number of anilines is 1. The number of halogens is 2. The van der Waals surface area contributed by atoms with Crippen molar-refractivity contribution in [1.29, 1.82) is 0 Å². The van der Waals surface area contributed by atoms with Gasteiger partial charge in [0.05, 0.1) is 6.04 Å². The minimum absolute atomic E-state index is 0.0252. The average Bonchev–Trinajstić information content (AvgIpc) is 2.56. The molecule has 0 saturated carbocycles. The molecular formula is C16H16F2N4O2. The van der Waals surface area contributed by atoms with Crippen molar-refractivity contribution in [2.45, 2.75) is 13.0 Å². The van der Waals surface area contributed by atoms with Crippen LogP contribution in [0.3, 0.4) is 0 Å². The van der Waals surface area contributed by atoms with E-state index >= 15 is 0 Å². The number of pyridine rings is 1. The second kappa shape index (κ2) is 7.49. The number of carbonyl (C=O) groups is 2. The van der Waals surface area contributed by atoms with Gasteiger partial charge in [0.2, 0.25) is 0 Å². The Bertz CT molecular complexity index is 767. The van der Waals surface area contributed by atoms with Gasteiger partial charge in [-0.15, -0.1) is 0 Å². The van der Waals surface area contributed by atoms with E-state index in [4.69, 9.17) is 0 Å². The van der Waals surface area contributed by atoms with Gasteiger partial charge in [0.25, 0.3) is 5.91 Å². The lowest BCUT2D eigenvalue weighted by Crippen LogP contribution is -2.32. The van der Waals surface area contributed by atoms with Crippen LogP contribution in [-0.2, 0) is 0 Å². The van der Waals surface area contributed by atoms with E-state index in [2.05, 4.69) is 20.9 Å². The van der Waals surface area contributed by atoms with Crippen LogP contribution in [0.1, 0.15) is 29.0 Å². The lowest BCUT2D eigenvalue weighted by Gasteiger charge is -2.16. The van der Waals surface area contributed by atoms with Crippen molar-refractivity contribution >= 4 is 17.8 Å². The molecule has 0 saturated heterocycles. The maximum absolute atomic E-state index is 13.7. The number of urea groups is 1. The summed E-state index contributed by atoms with van der Waals surface area (Å²) in [5.74, 6) is -2.23. The molecule has 6 nitrogen and oxygen atoms in total. The Morgan fingerprint density at radius 3 is 2.54 bits per heavy atom. The van der Waals surface area contributed by atoms with E-state index in [1.54, 1.807) is 6.07 Å². The van der Waals surface area contributed by atoms with Gasteiger partial charge in [0.1, 0.15) is 11.5 Å². The molecule has 1 aromatic carbocycles. The van der Waals surface area contributed by atoms with Gasteiger partial charge in [-0.05, 0) is 25.1 Å². The molecule has 3 N–H and O–H groups in total. The van der Waals surface area contributed by atoms with Crippen LogP contribution in [0.25, 0.3) is 0 Å². The number of hydrogen-bond acceptors (Lipinski definition) is 3. The molecule has 0 spiro atoms.